The summed E-state index contributed by atoms with van der Waals surface area (Å²) in [5, 5.41) is 9.56. The number of ether oxygens (including phenoxy) is 2. The van der Waals surface area contributed by atoms with Crippen molar-refractivity contribution in [2.45, 2.75) is 0 Å². The zero-order valence-electron chi connectivity index (χ0n) is 7.70. The Labute approximate surface area is 89.6 Å². The SMILES string of the molecule is COc1c(C=O)cc(Br)c(O)c1OC. The van der Waals surface area contributed by atoms with Crippen LogP contribution < -0.4 is 9.47 Å². The lowest BCUT2D eigenvalue weighted by Crippen LogP contribution is -1.96. The third-order valence-electron chi connectivity index (χ3n) is 1.73. The number of benzene rings is 1. The van der Waals surface area contributed by atoms with Crippen LogP contribution in [0.15, 0.2) is 10.5 Å². The molecule has 4 nitrogen and oxygen atoms in total. The summed E-state index contributed by atoms with van der Waals surface area (Å²) < 4.78 is 10.3. The maximum Gasteiger partial charge on any atom is 0.205 e. The van der Waals surface area contributed by atoms with Gasteiger partial charge in [0.05, 0.1) is 24.3 Å². The summed E-state index contributed by atoms with van der Waals surface area (Å²) in [5.41, 5.74) is 0.314. The second-order valence-corrected chi connectivity index (χ2v) is 3.33. The van der Waals surface area contributed by atoms with Gasteiger partial charge < -0.3 is 14.6 Å². The van der Waals surface area contributed by atoms with Crippen molar-refractivity contribution in [2.24, 2.45) is 0 Å². The predicted molar refractivity (Wildman–Crippen MR) is 54.3 cm³/mol. The molecule has 1 N–H and O–H groups in total. The lowest BCUT2D eigenvalue weighted by atomic mass is 10.2. The first-order valence-corrected chi connectivity index (χ1v) is 4.53. The van der Waals surface area contributed by atoms with E-state index in [1.54, 1.807) is 0 Å². The molecule has 0 amide bonds. The van der Waals surface area contributed by atoms with E-state index in [9.17, 15) is 9.90 Å². The number of aromatic hydroxyl groups is 1. The molecule has 0 aliphatic carbocycles. The van der Waals surface area contributed by atoms with Crippen LogP contribution in [-0.2, 0) is 0 Å². The molecule has 14 heavy (non-hydrogen) atoms. The smallest absolute Gasteiger partial charge is 0.205 e. The van der Waals surface area contributed by atoms with Gasteiger partial charge in [-0.2, -0.15) is 0 Å². The number of carbonyl (C=O) groups excluding carboxylic acids is 1. The summed E-state index contributed by atoms with van der Waals surface area (Å²) in [6.45, 7) is 0. The molecule has 0 aromatic heterocycles. The van der Waals surface area contributed by atoms with Gasteiger partial charge in [0.15, 0.2) is 17.8 Å². The molecule has 0 saturated heterocycles. The number of hydrogen-bond acceptors (Lipinski definition) is 4. The van der Waals surface area contributed by atoms with Crippen LogP contribution in [0.5, 0.6) is 17.2 Å². The van der Waals surface area contributed by atoms with Gasteiger partial charge in [0.25, 0.3) is 0 Å². The molecule has 0 atom stereocenters. The Morgan fingerprint density at radius 3 is 2.36 bits per heavy atom. The van der Waals surface area contributed by atoms with Crippen molar-refractivity contribution < 1.29 is 19.4 Å². The third kappa shape index (κ3) is 1.68. The van der Waals surface area contributed by atoms with Crippen LogP contribution in [0, 0.1) is 0 Å². The summed E-state index contributed by atoms with van der Waals surface area (Å²) in [7, 11) is 2.79. The summed E-state index contributed by atoms with van der Waals surface area (Å²) >= 11 is 3.10. The average molecular weight is 261 g/mol. The molecule has 1 aromatic carbocycles. The van der Waals surface area contributed by atoms with E-state index in [2.05, 4.69) is 15.9 Å². The van der Waals surface area contributed by atoms with E-state index in [-0.39, 0.29) is 17.2 Å². The van der Waals surface area contributed by atoms with Gasteiger partial charge in [-0.05, 0) is 22.0 Å². The van der Waals surface area contributed by atoms with E-state index in [1.165, 1.54) is 20.3 Å². The van der Waals surface area contributed by atoms with Crippen molar-refractivity contribution in [2.75, 3.05) is 14.2 Å². The Morgan fingerprint density at radius 2 is 1.93 bits per heavy atom. The zero-order chi connectivity index (χ0) is 10.7. The molecule has 0 spiro atoms. The van der Waals surface area contributed by atoms with Crippen LogP contribution in [0.1, 0.15) is 10.4 Å². The van der Waals surface area contributed by atoms with Gasteiger partial charge in [0, 0.05) is 0 Å². The van der Waals surface area contributed by atoms with Crippen LogP contribution in [0.4, 0.5) is 0 Å². The van der Waals surface area contributed by atoms with Crippen LogP contribution >= 0.6 is 15.9 Å². The molecule has 1 rings (SSSR count). The van der Waals surface area contributed by atoms with Gasteiger partial charge in [0.1, 0.15) is 0 Å². The van der Waals surface area contributed by atoms with Gasteiger partial charge in [-0.1, -0.05) is 0 Å². The highest BCUT2D eigenvalue weighted by atomic mass is 79.9. The number of rotatable bonds is 3. The summed E-state index contributed by atoms with van der Waals surface area (Å²) in [6.07, 6.45) is 0.631. The molecule has 0 unspecified atom stereocenters. The van der Waals surface area contributed by atoms with Crippen molar-refractivity contribution in [3.8, 4) is 17.2 Å². The summed E-state index contributed by atoms with van der Waals surface area (Å²) in [4.78, 5) is 10.7. The van der Waals surface area contributed by atoms with E-state index in [0.29, 0.717) is 16.3 Å². The number of methoxy groups -OCH3 is 2. The van der Waals surface area contributed by atoms with E-state index >= 15 is 0 Å². The molecular formula is C9H9BrO4. The number of carbonyl (C=O) groups is 1. The zero-order valence-corrected chi connectivity index (χ0v) is 9.29. The Balaban J connectivity index is 3.49. The van der Waals surface area contributed by atoms with Crippen molar-refractivity contribution in [1.29, 1.82) is 0 Å². The van der Waals surface area contributed by atoms with E-state index in [0.717, 1.165) is 0 Å². The number of phenolic OH excluding ortho intramolecular Hbond substituents is 1. The molecule has 0 saturated carbocycles. The Hall–Kier alpha value is -1.23. The first-order valence-electron chi connectivity index (χ1n) is 3.74. The first-order chi connectivity index (χ1) is 6.65. The molecule has 1 aromatic rings. The van der Waals surface area contributed by atoms with E-state index < -0.39 is 0 Å². The van der Waals surface area contributed by atoms with E-state index in [4.69, 9.17) is 9.47 Å². The molecule has 0 aliphatic heterocycles. The Bertz CT molecular complexity index is 362. The van der Waals surface area contributed by atoms with Gasteiger partial charge in [-0.25, -0.2) is 0 Å². The molecule has 76 valence electrons. The third-order valence-corrected chi connectivity index (χ3v) is 2.33. The first kappa shape index (κ1) is 10.8. The maximum atomic E-state index is 10.7. The molecule has 0 radical (unpaired) electrons. The number of phenols is 1. The fraction of sp³-hybridized carbons (Fsp3) is 0.222. The molecule has 0 aliphatic rings. The van der Waals surface area contributed by atoms with Crippen molar-refractivity contribution in [1.82, 2.24) is 0 Å². The normalized spacial score (nSPS) is 9.64. The molecule has 0 heterocycles. The fourth-order valence-electron chi connectivity index (χ4n) is 1.10. The second-order valence-electron chi connectivity index (χ2n) is 2.48. The summed E-state index contributed by atoms with van der Waals surface area (Å²) in [6, 6.07) is 1.46. The lowest BCUT2D eigenvalue weighted by Gasteiger charge is -2.12. The van der Waals surface area contributed by atoms with Crippen LogP contribution in [0.25, 0.3) is 0 Å². The largest absolute Gasteiger partial charge is 0.503 e. The molecule has 5 heteroatoms. The summed E-state index contributed by atoms with van der Waals surface area (Å²) in [5.74, 6) is 0.280. The highest BCUT2D eigenvalue weighted by Crippen LogP contribution is 2.43. The lowest BCUT2D eigenvalue weighted by molar-refractivity contribution is 0.112. The minimum Gasteiger partial charge on any atom is -0.503 e. The van der Waals surface area contributed by atoms with Crippen LogP contribution in [0.3, 0.4) is 0 Å². The van der Waals surface area contributed by atoms with Crippen LogP contribution in [-0.4, -0.2) is 25.6 Å². The van der Waals surface area contributed by atoms with Gasteiger partial charge in [-0.3, -0.25) is 4.79 Å². The maximum absolute atomic E-state index is 10.7. The Morgan fingerprint density at radius 1 is 1.36 bits per heavy atom. The molecule has 0 fully saturated rings. The molecular weight excluding hydrogens is 252 g/mol. The standard InChI is InChI=1S/C9H9BrO4/c1-13-8-5(4-11)3-6(10)7(12)9(8)14-2/h3-4,12H,1-2H3. The number of hydrogen-bond donors (Lipinski definition) is 1. The van der Waals surface area contributed by atoms with Gasteiger partial charge in [0.2, 0.25) is 5.75 Å². The number of halogens is 1. The number of aldehydes is 1. The second kappa shape index (κ2) is 4.32. The quantitative estimate of drug-likeness (QED) is 0.845. The van der Waals surface area contributed by atoms with Gasteiger partial charge in [-0.15, -0.1) is 0 Å². The van der Waals surface area contributed by atoms with Crippen molar-refractivity contribution >= 4 is 22.2 Å². The van der Waals surface area contributed by atoms with Crippen LogP contribution in [0.2, 0.25) is 0 Å². The average Bonchev–Trinajstić information content (AvgIpc) is 2.20. The fourth-order valence-corrected chi connectivity index (χ4v) is 1.53. The Kier molecular flexibility index (Phi) is 3.35. The minimum atomic E-state index is -0.0880. The van der Waals surface area contributed by atoms with Crippen molar-refractivity contribution in [3.63, 3.8) is 0 Å². The van der Waals surface area contributed by atoms with Crippen molar-refractivity contribution in [3.05, 3.63) is 16.1 Å². The topological polar surface area (TPSA) is 55.8 Å². The predicted octanol–water partition coefficient (Wildman–Crippen LogP) is 1.98. The minimum absolute atomic E-state index is 0.0880. The highest BCUT2D eigenvalue weighted by molar-refractivity contribution is 9.10. The molecule has 0 bridgehead atoms. The van der Waals surface area contributed by atoms with Gasteiger partial charge >= 0.3 is 0 Å². The monoisotopic (exact) mass is 260 g/mol. The highest BCUT2D eigenvalue weighted by Gasteiger charge is 2.17. The van der Waals surface area contributed by atoms with E-state index in [1.807, 2.05) is 0 Å².